The number of amides is 1. The summed E-state index contributed by atoms with van der Waals surface area (Å²) < 4.78 is 5.61. The molecule has 25 heavy (non-hydrogen) atoms. The summed E-state index contributed by atoms with van der Waals surface area (Å²) in [6, 6.07) is 10.1. The molecule has 2 rings (SSSR count). The van der Waals surface area contributed by atoms with Crippen molar-refractivity contribution < 1.29 is 9.53 Å². The molecule has 1 amide bonds. The molecule has 1 aliphatic rings. The molecule has 0 aliphatic carbocycles. The molecule has 2 unspecified atom stereocenters. The molecule has 1 fully saturated rings. The fraction of sp³-hybridized carbons (Fsp3) is 0.579. The van der Waals surface area contributed by atoms with Crippen LogP contribution in [0.2, 0.25) is 0 Å². The molecule has 1 aromatic carbocycles. The Hall–Kier alpha value is -2.08. The number of nitrogens with one attached hydrogen (secondary N) is 1. The van der Waals surface area contributed by atoms with Crippen molar-refractivity contribution in [1.82, 2.24) is 10.2 Å². The number of primary amides is 1. The molecule has 2 atom stereocenters. The number of benzene rings is 1. The van der Waals surface area contributed by atoms with Crippen molar-refractivity contribution >= 4 is 11.9 Å². The fourth-order valence-corrected chi connectivity index (χ4v) is 3.29. The lowest BCUT2D eigenvalue weighted by Gasteiger charge is -2.34. The lowest BCUT2D eigenvalue weighted by atomic mass is 9.95. The van der Waals surface area contributed by atoms with Gasteiger partial charge in [0.25, 0.3) is 0 Å². The Labute approximate surface area is 150 Å². The van der Waals surface area contributed by atoms with Crippen LogP contribution in [0, 0.1) is 5.92 Å². The summed E-state index contributed by atoms with van der Waals surface area (Å²) in [6.45, 7) is 5.19. The largest absolute Gasteiger partial charge is 0.375 e. The van der Waals surface area contributed by atoms with E-state index in [1.807, 2.05) is 18.2 Å². The molecule has 0 spiro atoms. The Morgan fingerprint density at radius 1 is 1.44 bits per heavy atom. The molecular weight excluding hydrogens is 316 g/mol. The fourth-order valence-electron chi connectivity index (χ4n) is 3.29. The number of ether oxygens (including phenoxy) is 1. The van der Waals surface area contributed by atoms with Crippen LogP contribution in [0.4, 0.5) is 0 Å². The minimum Gasteiger partial charge on any atom is -0.375 e. The van der Waals surface area contributed by atoms with Gasteiger partial charge >= 0.3 is 0 Å². The minimum atomic E-state index is -0.225. The van der Waals surface area contributed by atoms with Gasteiger partial charge in [-0.3, -0.25) is 9.79 Å². The number of likely N-dealkylation sites (tertiary alicyclic amines) is 1. The summed E-state index contributed by atoms with van der Waals surface area (Å²) in [5.41, 5.74) is 6.48. The summed E-state index contributed by atoms with van der Waals surface area (Å²) in [4.78, 5) is 18.2. The van der Waals surface area contributed by atoms with E-state index in [0.29, 0.717) is 18.9 Å². The molecule has 6 nitrogen and oxygen atoms in total. The van der Waals surface area contributed by atoms with Crippen molar-refractivity contribution in [1.29, 1.82) is 0 Å². The van der Waals surface area contributed by atoms with Gasteiger partial charge in [0.1, 0.15) is 6.10 Å². The Morgan fingerprint density at radius 2 is 2.20 bits per heavy atom. The average molecular weight is 346 g/mol. The number of hydrogen-bond donors (Lipinski definition) is 2. The van der Waals surface area contributed by atoms with Gasteiger partial charge in [0, 0.05) is 33.2 Å². The highest BCUT2D eigenvalue weighted by Crippen LogP contribution is 2.20. The van der Waals surface area contributed by atoms with Gasteiger partial charge in [-0.25, -0.2) is 0 Å². The number of nitrogens with two attached hydrogens (primary N) is 1. The second-order valence-corrected chi connectivity index (χ2v) is 6.45. The molecule has 3 N–H and O–H groups in total. The Bertz CT molecular complexity index is 562. The number of methoxy groups -OCH3 is 1. The third kappa shape index (κ3) is 6.05. The van der Waals surface area contributed by atoms with Crippen molar-refractivity contribution in [2.45, 2.75) is 32.3 Å². The number of piperidine rings is 1. The topological polar surface area (TPSA) is 80.0 Å². The van der Waals surface area contributed by atoms with Crippen molar-refractivity contribution in [3.63, 3.8) is 0 Å². The summed E-state index contributed by atoms with van der Waals surface area (Å²) in [5.74, 6) is 0.967. The van der Waals surface area contributed by atoms with Crippen LogP contribution in [0.15, 0.2) is 35.3 Å². The predicted octanol–water partition coefficient (Wildman–Crippen LogP) is 1.93. The van der Waals surface area contributed by atoms with E-state index in [2.05, 4.69) is 29.3 Å². The van der Waals surface area contributed by atoms with Gasteiger partial charge in [0.2, 0.25) is 5.91 Å². The molecule has 6 heteroatoms. The van der Waals surface area contributed by atoms with Gasteiger partial charge in [-0.15, -0.1) is 0 Å². The van der Waals surface area contributed by atoms with Crippen LogP contribution >= 0.6 is 0 Å². The minimum absolute atomic E-state index is 0.0685. The zero-order valence-electron chi connectivity index (χ0n) is 15.3. The number of hydrogen-bond acceptors (Lipinski definition) is 3. The van der Waals surface area contributed by atoms with Crippen LogP contribution in [0.1, 0.15) is 37.9 Å². The van der Waals surface area contributed by atoms with Gasteiger partial charge < -0.3 is 20.7 Å². The zero-order valence-corrected chi connectivity index (χ0v) is 15.3. The van der Waals surface area contributed by atoms with E-state index < -0.39 is 0 Å². The second-order valence-electron chi connectivity index (χ2n) is 6.45. The van der Waals surface area contributed by atoms with Crippen LogP contribution < -0.4 is 11.1 Å². The van der Waals surface area contributed by atoms with E-state index in [4.69, 9.17) is 15.5 Å². The first kappa shape index (κ1) is 19.2. The number of aliphatic imine (C=N–C) groups is 1. The van der Waals surface area contributed by atoms with Crippen molar-refractivity contribution in [3.05, 3.63) is 35.9 Å². The number of carbonyl (C=O) groups is 1. The van der Waals surface area contributed by atoms with Gasteiger partial charge in [-0.05, 0) is 31.2 Å². The SMILES string of the molecule is CCNC(=NCC(OC)c1ccccc1)N1CCCC(CC(N)=O)C1. The van der Waals surface area contributed by atoms with Crippen molar-refractivity contribution in [2.24, 2.45) is 16.6 Å². The van der Waals surface area contributed by atoms with Gasteiger partial charge in [0.15, 0.2) is 5.96 Å². The Morgan fingerprint density at radius 3 is 2.84 bits per heavy atom. The lowest BCUT2D eigenvalue weighted by Crippen LogP contribution is -2.47. The summed E-state index contributed by atoms with van der Waals surface area (Å²) in [6.07, 6.45) is 2.47. The molecule has 1 aromatic rings. The molecule has 1 aliphatic heterocycles. The second kappa shape index (κ2) is 10.0. The Balaban J connectivity index is 2.05. The normalized spacial score (nSPS) is 19.5. The maximum absolute atomic E-state index is 11.2. The van der Waals surface area contributed by atoms with Crippen LogP contribution in [-0.2, 0) is 9.53 Å². The van der Waals surface area contributed by atoms with Crippen molar-refractivity contribution in [2.75, 3.05) is 33.3 Å². The lowest BCUT2D eigenvalue weighted by molar-refractivity contribution is -0.119. The van der Waals surface area contributed by atoms with Crippen LogP contribution in [0.25, 0.3) is 0 Å². The van der Waals surface area contributed by atoms with E-state index in [1.165, 1.54) is 0 Å². The quantitative estimate of drug-likeness (QED) is 0.584. The monoisotopic (exact) mass is 346 g/mol. The third-order valence-electron chi connectivity index (χ3n) is 4.51. The van der Waals surface area contributed by atoms with Gasteiger partial charge in [-0.2, -0.15) is 0 Å². The molecule has 0 aromatic heterocycles. The predicted molar refractivity (Wildman–Crippen MR) is 100 cm³/mol. The first-order chi connectivity index (χ1) is 12.1. The number of carbonyl (C=O) groups excluding carboxylic acids is 1. The third-order valence-corrected chi connectivity index (χ3v) is 4.51. The van der Waals surface area contributed by atoms with Crippen LogP contribution in [0.5, 0.6) is 0 Å². The molecule has 1 heterocycles. The zero-order chi connectivity index (χ0) is 18.1. The van der Waals surface area contributed by atoms with E-state index >= 15 is 0 Å². The van der Waals surface area contributed by atoms with Gasteiger partial charge in [-0.1, -0.05) is 30.3 Å². The summed E-state index contributed by atoms with van der Waals surface area (Å²) in [5, 5.41) is 3.36. The molecule has 138 valence electrons. The number of rotatable bonds is 7. The molecule has 0 bridgehead atoms. The summed E-state index contributed by atoms with van der Waals surface area (Å²) >= 11 is 0. The molecular formula is C19H30N4O2. The number of guanidine groups is 1. The maximum atomic E-state index is 11.2. The van der Waals surface area contributed by atoms with E-state index in [1.54, 1.807) is 7.11 Å². The average Bonchev–Trinajstić information content (AvgIpc) is 2.62. The Kier molecular flexibility index (Phi) is 7.73. The summed E-state index contributed by atoms with van der Waals surface area (Å²) in [7, 11) is 1.71. The standard InChI is InChI=1S/C19H30N4O2/c1-3-21-19(23-11-7-8-15(14-23)12-18(20)24)22-13-17(25-2)16-9-5-4-6-10-16/h4-6,9-10,15,17H,3,7-8,11-14H2,1-2H3,(H2,20,24)(H,21,22). The maximum Gasteiger partial charge on any atom is 0.217 e. The van der Waals surface area contributed by atoms with E-state index in [9.17, 15) is 4.79 Å². The molecule has 0 radical (unpaired) electrons. The molecule has 0 saturated carbocycles. The first-order valence-corrected chi connectivity index (χ1v) is 9.03. The highest BCUT2D eigenvalue weighted by molar-refractivity contribution is 5.80. The highest BCUT2D eigenvalue weighted by atomic mass is 16.5. The number of nitrogens with zero attached hydrogens (tertiary/aromatic N) is 2. The molecule has 1 saturated heterocycles. The smallest absolute Gasteiger partial charge is 0.217 e. The first-order valence-electron chi connectivity index (χ1n) is 9.03. The van der Waals surface area contributed by atoms with E-state index in [0.717, 1.165) is 44.0 Å². The van der Waals surface area contributed by atoms with Crippen LogP contribution in [-0.4, -0.2) is 50.1 Å². The van der Waals surface area contributed by atoms with E-state index in [-0.39, 0.29) is 12.0 Å². The van der Waals surface area contributed by atoms with Crippen LogP contribution in [0.3, 0.4) is 0 Å². The highest BCUT2D eigenvalue weighted by Gasteiger charge is 2.23. The van der Waals surface area contributed by atoms with Gasteiger partial charge in [0.05, 0.1) is 6.54 Å². The van der Waals surface area contributed by atoms with Crippen molar-refractivity contribution in [3.8, 4) is 0 Å².